The molecule has 0 bridgehead atoms. The molecule has 0 amide bonds. The van der Waals surface area contributed by atoms with Crippen molar-refractivity contribution >= 4 is 0 Å². The Kier molecular flexibility index (Phi) is 3.13. The summed E-state index contributed by atoms with van der Waals surface area (Å²) < 4.78 is 5.32. The smallest absolute Gasteiger partial charge is 0.142 e. The SMILES string of the molecule is NCCc1onc2c1CN(Cc1ccccc1)C2. The average Bonchev–Trinajstić information content (AvgIpc) is 2.93. The van der Waals surface area contributed by atoms with Crippen molar-refractivity contribution in [3.8, 4) is 0 Å². The Morgan fingerprint density at radius 3 is 2.83 bits per heavy atom. The van der Waals surface area contributed by atoms with Gasteiger partial charge in [0.15, 0.2) is 0 Å². The highest BCUT2D eigenvalue weighted by atomic mass is 16.5. The molecule has 2 N–H and O–H groups in total. The molecular weight excluding hydrogens is 226 g/mol. The first-order valence-corrected chi connectivity index (χ1v) is 6.29. The molecule has 3 rings (SSSR count). The number of benzene rings is 1. The summed E-state index contributed by atoms with van der Waals surface area (Å²) in [7, 11) is 0. The molecular formula is C14H17N3O. The van der Waals surface area contributed by atoms with Crippen LogP contribution in [0.1, 0.15) is 22.6 Å². The van der Waals surface area contributed by atoms with Crippen LogP contribution in [0.2, 0.25) is 0 Å². The lowest BCUT2D eigenvalue weighted by molar-refractivity contribution is 0.255. The maximum absolute atomic E-state index is 5.57. The van der Waals surface area contributed by atoms with E-state index >= 15 is 0 Å². The number of aromatic nitrogens is 1. The Morgan fingerprint density at radius 1 is 1.22 bits per heavy atom. The summed E-state index contributed by atoms with van der Waals surface area (Å²) in [6.45, 7) is 3.36. The number of fused-ring (bicyclic) bond motifs is 1. The lowest BCUT2D eigenvalue weighted by Gasteiger charge is -2.14. The molecule has 2 aromatic rings. The monoisotopic (exact) mass is 243 g/mol. The minimum absolute atomic E-state index is 0.611. The van der Waals surface area contributed by atoms with Gasteiger partial charge in [-0.05, 0) is 12.1 Å². The van der Waals surface area contributed by atoms with Crippen LogP contribution in [0.25, 0.3) is 0 Å². The van der Waals surface area contributed by atoms with Crippen molar-refractivity contribution in [2.24, 2.45) is 5.73 Å². The van der Waals surface area contributed by atoms with E-state index in [4.69, 9.17) is 10.3 Å². The van der Waals surface area contributed by atoms with Crippen LogP contribution in [0.5, 0.6) is 0 Å². The molecule has 4 heteroatoms. The molecule has 0 atom stereocenters. The summed E-state index contributed by atoms with van der Waals surface area (Å²) in [5.74, 6) is 0.961. The summed E-state index contributed by atoms with van der Waals surface area (Å²) in [6, 6.07) is 10.5. The van der Waals surface area contributed by atoms with Gasteiger partial charge in [0.2, 0.25) is 0 Å². The van der Waals surface area contributed by atoms with Gasteiger partial charge in [-0.1, -0.05) is 35.5 Å². The second kappa shape index (κ2) is 4.92. The minimum Gasteiger partial charge on any atom is -0.361 e. The van der Waals surface area contributed by atoms with Crippen LogP contribution in [0.4, 0.5) is 0 Å². The van der Waals surface area contributed by atoms with Crippen LogP contribution >= 0.6 is 0 Å². The number of hydrogen-bond acceptors (Lipinski definition) is 4. The van der Waals surface area contributed by atoms with Crippen LogP contribution in [-0.2, 0) is 26.1 Å². The summed E-state index contributed by atoms with van der Waals surface area (Å²) in [4.78, 5) is 2.38. The van der Waals surface area contributed by atoms with Gasteiger partial charge in [0, 0.05) is 31.6 Å². The van der Waals surface area contributed by atoms with Gasteiger partial charge in [-0.3, -0.25) is 4.90 Å². The number of nitrogens with two attached hydrogens (primary N) is 1. The first-order valence-electron chi connectivity index (χ1n) is 6.29. The third-order valence-corrected chi connectivity index (χ3v) is 3.33. The van der Waals surface area contributed by atoms with E-state index in [0.29, 0.717) is 6.54 Å². The van der Waals surface area contributed by atoms with E-state index in [1.807, 2.05) is 6.07 Å². The topological polar surface area (TPSA) is 55.3 Å². The van der Waals surface area contributed by atoms with Gasteiger partial charge in [0.1, 0.15) is 11.5 Å². The fraction of sp³-hybridized carbons (Fsp3) is 0.357. The van der Waals surface area contributed by atoms with Crippen LogP contribution in [0.15, 0.2) is 34.9 Å². The molecule has 94 valence electrons. The molecule has 0 saturated carbocycles. The van der Waals surface area contributed by atoms with E-state index in [-0.39, 0.29) is 0 Å². The second-order valence-corrected chi connectivity index (χ2v) is 4.70. The highest BCUT2D eigenvalue weighted by Gasteiger charge is 2.26. The fourth-order valence-corrected chi connectivity index (χ4v) is 2.46. The Labute approximate surface area is 106 Å². The summed E-state index contributed by atoms with van der Waals surface area (Å²) in [6.07, 6.45) is 0.779. The highest BCUT2D eigenvalue weighted by molar-refractivity contribution is 5.27. The molecule has 0 radical (unpaired) electrons. The number of nitrogens with zero attached hydrogens (tertiary/aromatic N) is 2. The van der Waals surface area contributed by atoms with Crippen molar-refractivity contribution in [1.82, 2.24) is 10.1 Å². The molecule has 1 aromatic heterocycles. The maximum atomic E-state index is 5.57. The Bertz CT molecular complexity index is 521. The molecule has 18 heavy (non-hydrogen) atoms. The van der Waals surface area contributed by atoms with Crippen LogP contribution in [0.3, 0.4) is 0 Å². The predicted octanol–water partition coefficient (Wildman–Crippen LogP) is 1.69. The molecule has 1 aliphatic rings. The van der Waals surface area contributed by atoms with Crippen molar-refractivity contribution in [2.45, 2.75) is 26.1 Å². The van der Waals surface area contributed by atoms with Crippen molar-refractivity contribution < 1.29 is 4.52 Å². The molecule has 2 heterocycles. The third kappa shape index (κ3) is 2.17. The van der Waals surface area contributed by atoms with Crippen LogP contribution in [0, 0.1) is 0 Å². The van der Waals surface area contributed by atoms with E-state index in [1.165, 1.54) is 11.1 Å². The van der Waals surface area contributed by atoms with Gasteiger partial charge in [0.25, 0.3) is 0 Å². The second-order valence-electron chi connectivity index (χ2n) is 4.70. The molecule has 0 unspecified atom stereocenters. The van der Waals surface area contributed by atoms with E-state index in [1.54, 1.807) is 0 Å². The highest BCUT2D eigenvalue weighted by Crippen LogP contribution is 2.26. The molecule has 4 nitrogen and oxygen atoms in total. The number of hydrogen-bond donors (Lipinski definition) is 1. The summed E-state index contributed by atoms with van der Waals surface area (Å²) in [5, 5.41) is 4.13. The molecule has 0 saturated heterocycles. The summed E-state index contributed by atoms with van der Waals surface area (Å²) in [5.41, 5.74) is 9.23. The Hall–Kier alpha value is -1.65. The first kappa shape index (κ1) is 11.4. The van der Waals surface area contributed by atoms with Gasteiger partial charge in [-0.15, -0.1) is 0 Å². The third-order valence-electron chi connectivity index (χ3n) is 3.33. The molecule has 1 aromatic carbocycles. The average molecular weight is 243 g/mol. The minimum atomic E-state index is 0.611. The summed E-state index contributed by atoms with van der Waals surface area (Å²) >= 11 is 0. The zero-order valence-electron chi connectivity index (χ0n) is 10.3. The molecule has 0 fully saturated rings. The lowest BCUT2D eigenvalue weighted by Crippen LogP contribution is -2.16. The van der Waals surface area contributed by atoms with Gasteiger partial charge < -0.3 is 10.3 Å². The van der Waals surface area contributed by atoms with Gasteiger partial charge in [0.05, 0.1) is 0 Å². The van der Waals surface area contributed by atoms with Crippen molar-refractivity contribution in [1.29, 1.82) is 0 Å². The van der Waals surface area contributed by atoms with Gasteiger partial charge in [-0.2, -0.15) is 0 Å². The van der Waals surface area contributed by atoms with E-state index < -0.39 is 0 Å². The number of rotatable bonds is 4. The quantitative estimate of drug-likeness (QED) is 0.888. The zero-order chi connectivity index (χ0) is 12.4. The first-order chi connectivity index (χ1) is 8.86. The predicted molar refractivity (Wildman–Crippen MR) is 68.7 cm³/mol. The maximum Gasteiger partial charge on any atom is 0.142 e. The molecule has 0 aliphatic carbocycles. The van der Waals surface area contributed by atoms with E-state index in [9.17, 15) is 0 Å². The zero-order valence-corrected chi connectivity index (χ0v) is 10.3. The van der Waals surface area contributed by atoms with Crippen molar-refractivity contribution in [2.75, 3.05) is 6.54 Å². The Morgan fingerprint density at radius 2 is 2.06 bits per heavy atom. The largest absolute Gasteiger partial charge is 0.361 e. The Balaban J connectivity index is 1.69. The van der Waals surface area contributed by atoms with Crippen LogP contribution in [-0.4, -0.2) is 16.6 Å². The molecule has 1 aliphatic heterocycles. The fourth-order valence-electron chi connectivity index (χ4n) is 2.46. The van der Waals surface area contributed by atoms with Gasteiger partial charge >= 0.3 is 0 Å². The standard InChI is InChI=1S/C14H17N3O/c15-7-6-14-12-9-17(10-13(12)16-18-14)8-11-4-2-1-3-5-11/h1-5H,6-10,15H2. The van der Waals surface area contributed by atoms with E-state index in [0.717, 1.165) is 37.5 Å². The molecule has 0 spiro atoms. The van der Waals surface area contributed by atoms with Gasteiger partial charge in [-0.25, -0.2) is 0 Å². The lowest BCUT2D eigenvalue weighted by atomic mass is 10.2. The van der Waals surface area contributed by atoms with Crippen molar-refractivity contribution in [3.05, 3.63) is 52.9 Å². The van der Waals surface area contributed by atoms with Crippen LogP contribution < -0.4 is 5.73 Å². The normalized spacial score (nSPS) is 14.9. The van der Waals surface area contributed by atoms with E-state index in [2.05, 4.69) is 34.3 Å². The van der Waals surface area contributed by atoms with Crippen molar-refractivity contribution in [3.63, 3.8) is 0 Å².